The Kier molecular flexibility index (Phi) is 4.04. The number of aliphatic hydroxyl groups is 1. The number of hydrogen-bond acceptors (Lipinski definition) is 3. The maximum atomic E-state index is 10.4. The van der Waals surface area contributed by atoms with Gasteiger partial charge >= 0.3 is 0 Å². The van der Waals surface area contributed by atoms with E-state index in [-0.39, 0.29) is 0 Å². The number of hydrogen-bond donors (Lipinski definition) is 1. The van der Waals surface area contributed by atoms with Crippen LogP contribution in [0.4, 0.5) is 0 Å². The minimum Gasteiger partial charge on any atom is -0.386 e. The van der Waals surface area contributed by atoms with Crippen LogP contribution < -0.4 is 0 Å². The van der Waals surface area contributed by atoms with Crippen molar-refractivity contribution in [1.82, 2.24) is 19.3 Å². The van der Waals surface area contributed by atoms with Gasteiger partial charge in [0.25, 0.3) is 0 Å². The number of aromatic nitrogens is 4. The third kappa shape index (κ3) is 2.87. The van der Waals surface area contributed by atoms with E-state index in [2.05, 4.69) is 36.9 Å². The summed E-state index contributed by atoms with van der Waals surface area (Å²) in [5, 5.41) is 14.8. The summed E-state index contributed by atoms with van der Waals surface area (Å²) in [6.45, 7) is 6.24. The zero-order valence-corrected chi connectivity index (χ0v) is 12.0. The van der Waals surface area contributed by atoms with Crippen molar-refractivity contribution in [2.75, 3.05) is 0 Å². The lowest BCUT2D eigenvalue weighted by Crippen LogP contribution is -2.12. The number of aliphatic hydroxyl groups excluding tert-OH is 1. The molecule has 5 nitrogen and oxygen atoms in total. The summed E-state index contributed by atoms with van der Waals surface area (Å²) in [5.74, 6) is 0. The minimum absolute atomic E-state index is 0.296. The molecule has 0 fully saturated rings. The maximum Gasteiger partial charge on any atom is 0.101 e. The summed E-state index contributed by atoms with van der Waals surface area (Å²) in [6, 6.07) is 2.35. The van der Waals surface area contributed by atoms with E-state index in [0.29, 0.717) is 12.5 Å². The molecule has 5 heteroatoms. The van der Waals surface area contributed by atoms with Crippen molar-refractivity contribution in [2.24, 2.45) is 7.05 Å². The molecule has 19 heavy (non-hydrogen) atoms. The number of nitrogens with zero attached hydrogens (tertiary/aromatic N) is 4. The lowest BCUT2D eigenvalue weighted by molar-refractivity contribution is 0.164. The monoisotopic (exact) mass is 262 g/mol. The van der Waals surface area contributed by atoms with Crippen LogP contribution in [0.3, 0.4) is 0 Å². The second-order valence-corrected chi connectivity index (χ2v) is 5.14. The van der Waals surface area contributed by atoms with Crippen LogP contribution in [0.2, 0.25) is 0 Å². The number of imidazole rings is 1. The summed E-state index contributed by atoms with van der Waals surface area (Å²) in [6.07, 6.45) is 4.42. The van der Waals surface area contributed by atoms with Gasteiger partial charge in [0, 0.05) is 25.2 Å². The van der Waals surface area contributed by atoms with Gasteiger partial charge in [-0.25, -0.2) is 4.98 Å². The van der Waals surface area contributed by atoms with Crippen LogP contribution in [0, 0.1) is 0 Å². The molecule has 0 radical (unpaired) electrons. The van der Waals surface area contributed by atoms with Crippen molar-refractivity contribution in [2.45, 2.75) is 45.8 Å². The molecule has 0 saturated carbocycles. The highest BCUT2D eigenvalue weighted by atomic mass is 16.3. The fourth-order valence-corrected chi connectivity index (χ4v) is 2.24. The first-order valence-corrected chi connectivity index (χ1v) is 6.74. The van der Waals surface area contributed by atoms with Crippen LogP contribution in [-0.4, -0.2) is 24.4 Å². The van der Waals surface area contributed by atoms with Gasteiger partial charge in [-0.2, -0.15) is 5.10 Å². The van der Waals surface area contributed by atoms with Gasteiger partial charge in [-0.15, -0.1) is 0 Å². The molecule has 0 saturated heterocycles. The molecule has 0 aromatic carbocycles. The zero-order chi connectivity index (χ0) is 14.0. The Morgan fingerprint density at radius 2 is 2.11 bits per heavy atom. The summed E-state index contributed by atoms with van der Waals surface area (Å²) < 4.78 is 3.85. The van der Waals surface area contributed by atoms with Crippen LogP contribution in [0.5, 0.6) is 0 Å². The van der Waals surface area contributed by atoms with E-state index >= 15 is 0 Å². The predicted octanol–water partition coefficient (Wildman–Crippen LogP) is 2.04. The summed E-state index contributed by atoms with van der Waals surface area (Å²) in [5.41, 5.74) is 2.96. The van der Waals surface area contributed by atoms with Crippen molar-refractivity contribution in [1.29, 1.82) is 0 Å². The summed E-state index contributed by atoms with van der Waals surface area (Å²) in [4.78, 5) is 4.13. The fourth-order valence-electron chi connectivity index (χ4n) is 2.24. The first-order valence-electron chi connectivity index (χ1n) is 6.74. The van der Waals surface area contributed by atoms with E-state index in [1.54, 1.807) is 12.5 Å². The first-order chi connectivity index (χ1) is 9.02. The van der Waals surface area contributed by atoms with E-state index in [0.717, 1.165) is 23.5 Å². The lowest BCUT2D eigenvalue weighted by atomic mass is 10.1. The average molecular weight is 262 g/mol. The van der Waals surface area contributed by atoms with Crippen molar-refractivity contribution in [3.8, 4) is 0 Å². The van der Waals surface area contributed by atoms with Crippen molar-refractivity contribution in [3.63, 3.8) is 0 Å². The molecule has 2 heterocycles. The molecule has 0 bridgehead atoms. The van der Waals surface area contributed by atoms with Gasteiger partial charge in [-0.3, -0.25) is 4.68 Å². The highest BCUT2D eigenvalue weighted by molar-refractivity contribution is 5.14. The molecule has 0 aliphatic rings. The molecule has 0 aliphatic carbocycles. The Labute approximate surface area is 113 Å². The molecular weight excluding hydrogens is 240 g/mol. The Hall–Kier alpha value is -1.62. The van der Waals surface area contributed by atoms with Crippen LogP contribution in [-0.2, 0) is 19.9 Å². The first kappa shape index (κ1) is 13.8. The van der Waals surface area contributed by atoms with Crippen LogP contribution in [0.15, 0.2) is 18.6 Å². The van der Waals surface area contributed by atoms with Gasteiger partial charge < -0.3 is 9.67 Å². The van der Waals surface area contributed by atoms with E-state index < -0.39 is 6.10 Å². The fraction of sp³-hybridized carbons (Fsp3) is 0.571. The molecule has 1 unspecified atom stereocenters. The standard InChI is InChI=1S/C14H22N4O/c1-5-11-6-12(17(4)16-11)7-14(19)13-8-15-9-18(13)10(2)3/h6,8-10,14,19H,5,7H2,1-4H3. The smallest absolute Gasteiger partial charge is 0.101 e. The Morgan fingerprint density at radius 1 is 1.37 bits per heavy atom. The molecule has 2 aromatic heterocycles. The minimum atomic E-state index is -0.551. The largest absolute Gasteiger partial charge is 0.386 e. The van der Waals surface area contributed by atoms with Crippen LogP contribution >= 0.6 is 0 Å². The Morgan fingerprint density at radius 3 is 2.68 bits per heavy atom. The number of rotatable bonds is 5. The second kappa shape index (κ2) is 5.57. The molecule has 104 valence electrons. The zero-order valence-electron chi connectivity index (χ0n) is 12.0. The van der Waals surface area contributed by atoms with Crippen molar-refractivity contribution >= 4 is 0 Å². The van der Waals surface area contributed by atoms with Crippen LogP contribution in [0.25, 0.3) is 0 Å². The highest BCUT2D eigenvalue weighted by Crippen LogP contribution is 2.21. The quantitative estimate of drug-likeness (QED) is 0.897. The van der Waals surface area contributed by atoms with E-state index in [1.807, 2.05) is 16.3 Å². The second-order valence-electron chi connectivity index (χ2n) is 5.14. The number of aryl methyl sites for hydroxylation is 2. The lowest BCUT2D eigenvalue weighted by Gasteiger charge is -2.16. The van der Waals surface area contributed by atoms with Crippen molar-refractivity contribution in [3.05, 3.63) is 35.7 Å². The summed E-state index contributed by atoms with van der Waals surface area (Å²) in [7, 11) is 1.92. The highest BCUT2D eigenvalue weighted by Gasteiger charge is 2.17. The van der Waals surface area contributed by atoms with E-state index in [4.69, 9.17) is 0 Å². The van der Waals surface area contributed by atoms with E-state index in [9.17, 15) is 5.11 Å². The molecule has 1 N–H and O–H groups in total. The molecule has 0 amide bonds. The van der Waals surface area contributed by atoms with Gasteiger partial charge in [0.2, 0.25) is 0 Å². The third-order valence-corrected chi connectivity index (χ3v) is 3.39. The summed E-state index contributed by atoms with van der Waals surface area (Å²) >= 11 is 0. The normalized spacial score (nSPS) is 13.2. The third-order valence-electron chi connectivity index (χ3n) is 3.39. The molecular formula is C14H22N4O. The van der Waals surface area contributed by atoms with E-state index in [1.165, 1.54) is 0 Å². The molecule has 0 aliphatic heterocycles. The molecule has 2 aromatic rings. The predicted molar refractivity (Wildman–Crippen MR) is 73.9 cm³/mol. The van der Waals surface area contributed by atoms with Crippen molar-refractivity contribution < 1.29 is 5.11 Å². The Balaban J connectivity index is 2.18. The topological polar surface area (TPSA) is 55.9 Å². The van der Waals surface area contributed by atoms with Gasteiger partial charge in [0.05, 0.1) is 23.9 Å². The molecule has 0 spiro atoms. The Bertz CT molecular complexity index is 541. The van der Waals surface area contributed by atoms with Crippen LogP contribution in [0.1, 0.15) is 50.0 Å². The average Bonchev–Trinajstić information content (AvgIpc) is 2.96. The van der Waals surface area contributed by atoms with Gasteiger partial charge in [-0.05, 0) is 26.3 Å². The molecule has 2 rings (SSSR count). The van der Waals surface area contributed by atoms with Gasteiger partial charge in [-0.1, -0.05) is 6.92 Å². The maximum absolute atomic E-state index is 10.4. The van der Waals surface area contributed by atoms with Gasteiger partial charge in [0.15, 0.2) is 0 Å². The SMILES string of the molecule is CCc1cc(CC(O)c2cncn2C(C)C)n(C)n1. The molecule has 1 atom stereocenters. The van der Waals surface area contributed by atoms with Gasteiger partial charge in [0.1, 0.15) is 6.10 Å².